The van der Waals surface area contributed by atoms with Gasteiger partial charge in [0.15, 0.2) is 0 Å². The lowest BCUT2D eigenvalue weighted by Gasteiger charge is -2.27. The summed E-state index contributed by atoms with van der Waals surface area (Å²) in [4.78, 5) is 12.4. The van der Waals surface area contributed by atoms with Crippen LogP contribution in [-0.4, -0.2) is 18.0 Å². The van der Waals surface area contributed by atoms with E-state index in [9.17, 15) is 4.79 Å². The normalized spacial score (nSPS) is 23.1. The first-order valence-corrected chi connectivity index (χ1v) is 7.67. The van der Waals surface area contributed by atoms with E-state index in [1.54, 1.807) is 0 Å². The SMILES string of the molecule is CCC1(C(=O)Nc2cc(Br)ccc2Br)CCCN1. The molecule has 1 aromatic rings. The number of carbonyl (C=O) groups excluding carboxylic acids is 1. The second-order valence-electron chi connectivity index (χ2n) is 4.54. The van der Waals surface area contributed by atoms with Crippen LogP contribution >= 0.6 is 31.9 Å². The Morgan fingerprint density at radius 3 is 2.89 bits per heavy atom. The van der Waals surface area contributed by atoms with E-state index in [-0.39, 0.29) is 5.91 Å². The van der Waals surface area contributed by atoms with Crippen LogP contribution in [0.4, 0.5) is 5.69 Å². The molecular formula is C13H16Br2N2O. The number of anilines is 1. The van der Waals surface area contributed by atoms with Crippen molar-refractivity contribution in [2.75, 3.05) is 11.9 Å². The second kappa shape index (κ2) is 5.72. The molecule has 2 rings (SSSR count). The Bertz CT molecular complexity index is 456. The van der Waals surface area contributed by atoms with Crippen molar-refractivity contribution >= 4 is 43.5 Å². The summed E-state index contributed by atoms with van der Waals surface area (Å²) in [6.45, 7) is 2.97. The lowest BCUT2D eigenvalue weighted by atomic mass is 9.93. The van der Waals surface area contributed by atoms with Crippen LogP contribution in [0.5, 0.6) is 0 Å². The number of nitrogens with one attached hydrogen (secondary N) is 2. The highest BCUT2D eigenvalue weighted by atomic mass is 79.9. The number of benzene rings is 1. The zero-order chi connectivity index (χ0) is 13.2. The van der Waals surface area contributed by atoms with Crippen LogP contribution in [0.1, 0.15) is 26.2 Å². The fourth-order valence-electron chi connectivity index (χ4n) is 2.30. The highest BCUT2D eigenvalue weighted by molar-refractivity contribution is 9.11. The minimum Gasteiger partial charge on any atom is -0.323 e. The molecule has 1 heterocycles. The van der Waals surface area contributed by atoms with Crippen molar-refractivity contribution < 1.29 is 4.79 Å². The van der Waals surface area contributed by atoms with E-state index in [0.717, 1.165) is 40.4 Å². The monoisotopic (exact) mass is 374 g/mol. The van der Waals surface area contributed by atoms with Crippen LogP contribution < -0.4 is 10.6 Å². The summed E-state index contributed by atoms with van der Waals surface area (Å²) in [7, 11) is 0. The summed E-state index contributed by atoms with van der Waals surface area (Å²) in [6.07, 6.45) is 2.77. The lowest BCUT2D eigenvalue weighted by molar-refractivity contribution is -0.122. The van der Waals surface area contributed by atoms with Gasteiger partial charge in [-0.1, -0.05) is 22.9 Å². The topological polar surface area (TPSA) is 41.1 Å². The molecule has 0 saturated carbocycles. The maximum absolute atomic E-state index is 12.4. The number of rotatable bonds is 3. The number of hydrogen-bond acceptors (Lipinski definition) is 2. The van der Waals surface area contributed by atoms with Gasteiger partial charge in [0.25, 0.3) is 0 Å². The van der Waals surface area contributed by atoms with Crippen LogP contribution in [0.3, 0.4) is 0 Å². The Hall–Kier alpha value is -0.390. The number of carbonyl (C=O) groups is 1. The Morgan fingerprint density at radius 1 is 1.50 bits per heavy atom. The van der Waals surface area contributed by atoms with Crippen molar-refractivity contribution in [3.63, 3.8) is 0 Å². The molecule has 1 atom stereocenters. The van der Waals surface area contributed by atoms with Crippen LogP contribution in [-0.2, 0) is 4.79 Å². The molecule has 0 radical (unpaired) electrons. The van der Waals surface area contributed by atoms with E-state index in [1.165, 1.54) is 0 Å². The van der Waals surface area contributed by atoms with Crippen molar-refractivity contribution in [1.82, 2.24) is 5.32 Å². The van der Waals surface area contributed by atoms with E-state index in [0.29, 0.717) is 0 Å². The molecule has 98 valence electrons. The molecule has 1 aromatic carbocycles. The predicted molar refractivity (Wildman–Crippen MR) is 80.7 cm³/mol. The molecule has 0 bridgehead atoms. The van der Waals surface area contributed by atoms with Crippen LogP contribution in [0.2, 0.25) is 0 Å². The van der Waals surface area contributed by atoms with Gasteiger partial charge in [0, 0.05) is 8.95 Å². The maximum atomic E-state index is 12.4. The molecule has 1 aliphatic rings. The molecule has 5 heteroatoms. The summed E-state index contributed by atoms with van der Waals surface area (Å²) in [6, 6.07) is 5.75. The maximum Gasteiger partial charge on any atom is 0.244 e. The van der Waals surface area contributed by atoms with E-state index < -0.39 is 5.54 Å². The summed E-state index contributed by atoms with van der Waals surface area (Å²) >= 11 is 6.86. The van der Waals surface area contributed by atoms with E-state index in [4.69, 9.17) is 0 Å². The van der Waals surface area contributed by atoms with Crippen molar-refractivity contribution in [1.29, 1.82) is 0 Å². The van der Waals surface area contributed by atoms with Crippen LogP contribution in [0, 0.1) is 0 Å². The third kappa shape index (κ3) is 2.78. The Balaban J connectivity index is 2.18. The molecule has 1 amide bonds. The average molecular weight is 376 g/mol. The van der Waals surface area contributed by atoms with Gasteiger partial charge in [0.1, 0.15) is 0 Å². The van der Waals surface area contributed by atoms with Gasteiger partial charge in [-0.25, -0.2) is 0 Å². The largest absolute Gasteiger partial charge is 0.323 e. The summed E-state index contributed by atoms with van der Waals surface area (Å²) in [5, 5.41) is 6.34. The van der Waals surface area contributed by atoms with Gasteiger partial charge in [-0.15, -0.1) is 0 Å². The van der Waals surface area contributed by atoms with E-state index >= 15 is 0 Å². The summed E-state index contributed by atoms with van der Waals surface area (Å²) < 4.78 is 1.84. The summed E-state index contributed by atoms with van der Waals surface area (Å²) in [5.74, 6) is 0.0568. The molecule has 0 spiro atoms. The molecule has 1 unspecified atom stereocenters. The van der Waals surface area contributed by atoms with Crippen molar-refractivity contribution in [3.8, 4) is 0 Å². The van der Waals surface area contributed by atoms with Gasteiger partial charge < -0.3 is 10.6 Å². The fourth-order valence-corrected chi connectivity index (χ4v) is 3.00. The Labute approximate surface area is 124 Å². The third-order valence-electron chi connectivity index (χ3n) is 3.46. The smallest absolute Gasteiger partial charge is 0.244 e. The molecule has 0 aromatic heterocycles. The standard InChI is InChI=1S/C13H16Br2N2O/c1-2-13(6-3-7-16-13)12(18)17-11-8-9(14)4-5-10(11)15/h4-5,8,16H,2-3,6-7H2,1H3,(H,17,18). The third-order valence-corrected chi connectivity index (χ3v) is 4.64. The van der Waals surface area contributed by atoms with Gasteiger partial charge >= 0.3 is 0 Å². The van der Waals surface area contributed by atoms with Gasteiger partial charge in [-0.2, -0.15) is 0 Å². The number of halogens is 2. The zero-order valence-corrected chi connectivity index (χ0v) is 13.4. The molecule has 2 N–H and O–H groups in total. The fraction of sp³-hybridized carbons (Fsp3) is 0.462. The van der Waals surface area contributed by atoms with Crippen LogP contribution in [0.15, 0.2) is 27.1 Å². The van der Waals surface area contributed by atoms with Crippen molar-refractivity contribution in [2.45, 2.75) is 31.7 Å². The highest BCUT2D eigenvalue weighted by Gasteiger charge is 2.39. The van der Waals surface area contributed by atoms with Gasteiger partial charge in [0.2, 0.25) is 5.91 Å². The minimum atomic E-state index is -0.401. The number of amides is 1. The first kappa shape index (κ1) is 14.0. The first-order valence-electron chi connectivity index (χ1n) is 6.09. The summed E-state index contributed by atoms with van der Waals surface area (Å²) in [5.41, 5.74) is 0.401. The lowest BCUT2D eigenvalue weighted by Crippen LogP contribution is -2.50. The quantitative estimate of drug-likeness (QED) is 0.845. The van der Waals surface area contributed by atoms with E-state index in [1.807, 2.05) is 25.1 Å². The molecule has 18 heavy (non-hydrogen) atoms. The second-order valence-corrected chi connectivity index (χ2v) is 6.31. The predicted octanol–water partition coefficient (Wildman–Crippen LogP) is 3.68. The minimum absolute atomic E-state index is 0.0568. The zero-order valence-electron chi connectivity index (χ0n) is 10.2. The van der Waals surface area contributed by atoms with Gasteiger partial charge in [0.05, 0.1) is 11.2 Å². The van der Waals surface area contributed by atoms with E-state index in [2.05, 4.69) is 42.5 Å². The van der Waals surface area contributed by atoms with Gasteiger partial charge in [-0.05, 0) is 59.9 Å². The van der Waals surface area contributed by atoms with Gasteiger partial charge in [-0.3, -0.25) is 4.79 Å². The molecular weight excluding hydrogens is 360 g/mol. The average Bonchev–Trinajstić information content (AvgIpc) is 2.84. The van der Waals surface area contributed by atoms with Crippen LogP contribution in [0.25, 0.3) is 0 Å². The molecule has 1 aliphatic heterocycles. The number of hydrogen-bond donors (Lipinski definition) is 2. The van der Waals surface area contributed by atoms with Crippen molar-refractivity contribution in [2.24, 2.45) is 0 Å². The van der Waals surface area contributed by atoms with Crippen molar-refractivity contribution in [3.05, 3.63) is 27.1 Å². The Kier molecular flexibility index (Phi) is 4.45. The first-order chi connectivity index (χ1) is 8.57. The molecule has 3 nitrogen and oxygen atoms in total. The highest BCUT2D eigenvalue weighted by Crippen LogP contribution is 2.29. The molecule has 1 saturated heterocycles. The molecule has 1 fully saturated rings. The molecule has 0 aliphatic carbocycles. The Morgan fingerprint density at radius 2 is 2.28 bits per heavy atom.